The molecule has 2 aromatic heterocycles. The van der Waals surface area contributed by atoms with Crippen molar-refractivity contribution in [1.29, 1.82) is 0 Å². The largest absolute Gasteiger partial charge is 0.366 e. The molecule has 0 bridgehead atoms. The second-order valence-corrected chi connectivity index (χ2v) is 5.79. The summed E-state index contributed by atoms with van der Waals surface area (Å²) in [5.74, 6) is 0.491. The summed E-state index contributed by atoms with van der Waals surface area (Å²) in [6.07, 6.45) is 7.90. The van der Waals surface area contributed by atoms with Crippen LogP contribution in [0.2, 0.25) is 0 Å². The van der Waals surface area contributed by atoms with Gasteiger partial charge in [-0.2, -0.15) is 0 Å². The lowest BCUT2D eigenvalue weighted by Crippen LogP contribution is -2.25. The minimum absolute atomic E-state index is 0.243. The normalized spacial score (nSPS) is 15.1. The minimum Gasteiger partial charge on any atom is -0.366 e. The van der Waals surface area contributed by atoms with Crippen LogP contribution in [0.15, 0.2) is 36.5 Å². The van der Waals surface area contributed by atoms with Crippen LogP contribution in [0.1, 0.15) is 48.3 Å². The number of anilines is 1. The molecule has 0 unspecified atom stereocenters. The van der Waals surface area contributed by atoms with Gasteiger partial charge in [-0.3, -0.25) is 9.78 Å². The summed E-state index contributed by atoms with van der Waals surface area (Å²) in [6, 6.07) is 9.59. The van der Waals surface area contributed by atoms with Crippen molar-refractivity contribution in [2.24, 2.45) is 0 Å². The van der Waals surface area contributed by atoms with E-state index in [1.165, 1.54) is 32.1 Å². The van der Waals surface area contributed by atoms with E-state index in [1.807, 2.05) is 24.3 Å². The lowest BCUT2D eigenvalue weighted by molar-refractivity contribution is 0.0944. The van der Waals surface area contributed by atoms with E-state index in [2.05, 4.69) is 25.8 Å². The first-order chi connectivity index (χ1) is 11.3. The van der Waals surface area contributed by atoms with Crippen LogP contribution in [-0.4, -0.2) is 27.1 Å². The molecule has 2 N–H and O–H groups in total. The van der Waals surface area contributed by atoms with Crippen LogP contribution in [-0.2, 0) is 6.54 Å². The van der Waals surface area contributed by atoms with E-state index in [0.717, 1.165) is 11.5 Å². The monoisotopic (exact) mass is 311 g/mol. The number of rotatable bonds is 5. The van der Waals surface area contributed by atoms with Crippen LogP contribution in [0.5, 0.6) is 0 Å². The van der Waals surface area contributed by atoms with Crippen molar-refractivity contribution in [3.8, 4) is 0 Å². The van der Waals surface area contributed by atoms with Gasteiger partial charge in [0.15, 0.2) is 5.69 Å². The Morgan fingerprint density at radius 3 is 2.65 bits per heavy atom. The fourth-order valence-corrected chi connectivity index (χ4v) is 2.75. The number of hydrogen-bond acceptors (Lipinski definition) is 5. The molecular formula is C17H21N5O. The third kappa shape index (κ3) is 4.48. The highest BCUT2D eigenvalue weighted by Gasteiger charge is 2.14. The van der Waals surface area contributed by atoms with E-state index in [-0.39, 0.29) is 5.91 Å². The predicted octanol–water partition coefficient (Wildman–Crippen LogP) is 2.55. The number of carbonyl (C=O) groups is 1. The van der Waals surface area contributed by atoms with Gasteiger partial charge in [-0.15, -0.1) is 10.2 Å². The van der Waals surface area contributed by atoms with E-state index in [0.29, 0.717) is 18.3 Å². The van der Waals surface area contributed by atoms with Gasteiger partial charge in [-0.25, -0.2) is 0 Å². The van der Waals surface area contributed by atoms with Gasteiger partial charge in [0.05, 0.1) is 12.2 Å². The quantitative estimate of drug-likeness (QED) is 0.887. The molecule has 2 heterocycles. The van der Waals surface area contributed by atoms with Crippen molar-refractivity contribution >= 4 is 11.7 Å². The Labute approximate surface area is 135 Å². The SMILES string of the molecule is O=C(NCc1ccccn1)c1ccc(NC2CCCCC2)nn1. The van der Waals surface area contributed by atoms with Crippen molar-refractivity contribution in [2.45, 2.75) is 44.7 Å². The van der Waals surface area contributed by atoms with E-state index < -0.39 is 0 Å². The molecule has 3 rings (SSSR count). The van der Waals surface area contributed by atoms with Crippen LogP contribution >= 0.6 is 0 Å². The molecule has 0 aromatic carbocycles. The zero-order chi connectivity index (χ0) is 15.9. The molecule has 0 radical (unpaired) electrons. The summed E-state index contributed by atoms with van der Waals surface area (Å²) in [5.41, 5.74) is 1.12. The molecule has 1 saturated carbocycles. The topological polar surface area (TPSA) is 79.8 Å². The van der Waals surface area contributed by atoms with Crippen LogP contribution in [0, 0.1) is 0 Å². The number of amides is 1. The lowest BCUT2D eigenvalue weighted by Gasteiger charge is -2.22. The summed E-state index contributed by atoms with van der Waals surface area (Å²) in [4.78, 5) is 16.2. The van der Waals surface area contributed by atoms with Gasteiger partial charge in [-0.1, -0.05) is 25.3 Å². The number of aromatic nitrogens is 3. The van der Waals surface area contributed by atoms with E-state index in [4.69, 9.17) is 0 Å². The second-order valence-electron chi connectivity index (χ2n) is 5.79. The molecule has 6 heteroatoms. The molecule has 0 spiro atoms. The minimum atomic E-state index is -0.243. The summed E-state index contributed by atoms with van der Waals surface area (Å²) >= 11 is 0. The van der Waals surface area contributed by atoms with Crippen molar-refractivity contribution in [1.82, 2.24) is 20.5 Å². The van der Waals surface area contributed by atoms with Crippen LogP contribution in [0.3, 0.4) is 0 Å². The van der Waals surface area contributed by atoms with Gasteiger partial charge in [-0.05, 0) is 37.1 Å². The van der Waals surface area contributed by atoms with Gasteiger partial charge in [0.1, 0.15) is 5.82 Å². The zero-order valence-corrected chi connectivity index (χ0v) is 13.0. The number of nitrogens with zero attached hydrogens (tertiary/aromatic N) is 3. The highest BCUT2D eigenvalue weighted by molar-refractivity contribution is 5.92. The third-order valence-electron chi connectivity index (χ3n) is 4.01. The molecule has 0 saturated heterocycles. The molecule has 0 aliphatic heterocycles. The highest BCUT2D eigenvalue weighted by Crippen LogP contribution is 2.20. The zero-order valence-electron chi connectivity index (χ0n) is 13.0. The highest BCUT2D eigenvalue weighted by atomic mass is 16.1. The molecule has 1 amide bonds. The maximum absolute atomic E-state index is 12.1. The van der Waals surface area contributed by atoms with E-state index in [9.17, 15) is 4.79 Å². The fraction of sp³-hybridized carbons (Fsp3) is 0.412. The molecule has 23 heavy (non-hydrogen) atoms. The Morgan fingerprint density at radius 1 is 1.09 bits per heavy atom. The molecular weight excluding hydrogens is 290 g/mol. The van der Waals surface area contributed by atoms with E-state index >= 15 is 0 Å². The summed E-state index contributed by atoms with van der Waals surface area (Å²) in [5, 5.41) is 14.3. The number of hydrogen-bond donors (Lipinski definition) is 2. The molecule has 1 fully saturated rings. The molecule has 120 valence electrons. The first-order valence-electron chi connectivity index (χ1n) is 8.09. The van der Waals surface area contributed by atoms with Gasteiger partial charge in [0.2, 0.25) is 0 Å². The van der Waals surface area contributed by atoms with E-state index in [1.54, 1.807) is 12.3 Å². The van der Waals surface area contributed by atoms with Crippen molar-refractivity contribution in [2.75, 3.05) is 5.32 Å². The Hall–Kier alpha value is -2.50. The Balaban J connectivity index is 1.52. The van der Waals surface area contributed by atoms with Crippen LogP contribution in [0.4, 0.5) is 5.82 Å². The van der Waals surface area contributed by atoms with Gasteiger partial charge in [0.25, 0.3) is 5.91 Å². The average molecular weight is 311 g/mol. The predicted molar refractivity (Wildman–Crippen MR) is 87.9 cm³/mol. The van der Waals surface area contributed by atoms with Crippen molar-refractivity contribution in [3.63, 3.8) is 0 Å². The third-order valence-corrected chi connectivity index (χ3v) is 4.01. The lowest BCUT2D eigenvalue weighted by atomic mass is 9.95. The van der Waals surface area contributed by atoms with Crippen molar-refractivity contribution < 1.29 is 4.79 Å². The standard InChI is InChI=1S/C17H21N5O/c23-17(19-12-14-8-4-5-11-18-14)15-9-10-16(22-21-15)20-13-6-2-1-3-7-13/h4-5,8-11,13H,1-3,6-7,12H2,(H,19,23)(H,20,22). The number of carbonyl (C=O) groups excluding carboxylic acids is 1. The smallest absolute Gasteiger partial charge is 0.272 e. The number of pyridine rings is 1. The van der Waals surface area contributed by atoms with Gasteiger partial charge >= 0.3 is 0 Å². The second kappa shape index (κ2) is 7.67. The summed E-state index contributed by atoms with van der Waals surface area (Å²) < 4.78 is 0. The first kappa shape index (κ1) is 15.4. The molecule has 1 aliphatic rings. The maximum atomic E-state index is 12.1. The van der Waals surface area contributed by atoms with Crippen LogP contribution < -0.4 is 10.6 Å². The molecule has 2 aromatic rings. The average Bonchev–Trinajstić information content (AvgIpc) is 2.62. The first-order valence-corrected chi connectivity index (χ1v) is 8.09. The molecule has 0 atom stereocenters. The number of nitrogens with one attached hydrogen (secondary N) is 2. The Kier molecular flexibility index (Phi) is 5.13. The summed E-state index contributed by atoms with van der Waals surface area (Å²) in [6.45, 7) is 0.378. The Bertz CT molecular complexity index is 623. The maximum Gasteiger partial charge on any atom is 0.272 e. The summed E-state index contributed by atoms with van der Waals surface area (Å²) in [7, 11) is 0. The molecule has 6 nitrogen and oxygen atoms in total. The Morgan fingerprint density at radius 2 is 1.96 bits per heavy atom. The van der Waals surface area contributed by atoms with Crippen LogP contribution in [0.25, 0.3) is 0 Å². The van der Waals surface area contributed by atoms with Gasteiger partial charge in [0, 0.05) is 12.2 Å². The van der Waals surface area contributed by atoms with Crippen molar-refractivity contribution in [3.05, 3.63) is 47.9 Å². The van der Waals surface area contributed by atoms with Gasteiger partial charge < -0.3 is 10.6 Å². The molecule has 1 aliphatic carbocycles. The fourth-order valence-electron chi connectivity index (χ4n) is 2.75.